The Hall–Kier alpha value is -1.64. The van der Waals surface area contributed by atoms with Gasteiger partial charge >= 0.3 is 5.97 Å². The first kappa shape index (κ1) is 24.5. The van der Waals surface area contributed by atoms with E-state index >= 15 is 0 Å². The molecule has 0 heterocycles. The molecule has 0 aromatic heterocycles. The summed E-state index contributed by atoms with van der Waals surface area (Å²) in [5.41, 5.74) is 3.70. The SMILES string of the molecule is C=C1CC2C(=CCC3C(C)(C)C(=O)CCC23C)[C@]2(C)CCC([C@H](C)CC/C=C(/C)C(=O)O)C12. The number of carbonyl (C=O) groups is 2. The van der Waals surface area contributed by atoms with Crippen LogP contribution in [0.15, 0.2) is 35.5 Å². The standard InChI is InChI=1S/C30H44O3/c1-18(9-8-10-19(2)27(32)33)21-13-15-30(7)22-11-12-24-28(4,5)25(31)14-16-29(24,6)23(22)17-20(3)26(21)30/h10-11,18,21,23-24,26H,3,8-9,12-17H2,1-2,4-7H3,(H,32,33)/b19-10-/t18-,21?,23?,24?,26?,29?,30+/m1/s1. The van der Waals surface area contributed by atoms with E-state index in [1.807, 2.05) is 6.08 Å². The van der Waals surface area contributed by atoms with Gasteiger partial charge in [0.1, 0.15) is 5.78 Å². The maximum absolute atomic E-state index is 12.8. The zero-order valence-electron chi connectivity index (χ0n) is 21.7. The van der Waals surface area contributed by atoms with Crippen molar-refractivity contribution in [2.75, 3.05) is 0 Å². The van der Waals surface area contributed by atoms with Gasteiger partial charge < -0.3 is 5.11 Å². The largest absolute Gasteiger partial charge is 0.478 e. The van der Waals surface area contributed by atoms with Crippen molar-refractivity contribution in [2.24, 2.45) is 45.8 Å². The van der Waals surface area contributed by atoms with Crippen LogP contribution in [-0.2, 0) is 9.59 Å². The van der Waals surface area contributed by atoms with Crippen LogP contribution >= 0.6 is 0 Å². The smallest absolute Gasteiger partial charge is 0.330 e. The van der Waals surface area contributed by atoms with E-state index in [9.17, 15) is 9.59 Å². The van der Waals surface area contributed by atoms with Gasteiger partial charge in [-0.1, -0.05) is 64.5 Å². The third kappa shape index (κ3) is 3.69. The van der Waals surface area contributed by atoms with E-state index in [0.717, 1.165) is 38.5 Å². The van der Waals surface area contributed by atoms with Crippen LogP contribution in [-0.4, -0.2) is 16.9 Å². The van der Waals surface area contributed by atoms with Crippen LogP contribution in [0.3, 0.4) is 0 Å². The number of rotatable bonds is 5. The number of allylic oxidation sites excluding steroid dienone is 4. The highest BCUT2D eigenvalue weighted by atomic mass is 16.4. The van der Waals surface area contributed by atoms with Gasteiger partial charge in [-0.3, -0.25) is 4.79 Å². The maximum Gasteiger partial charge on any atom is 0.330 e. The van der Waals surface area contributed by atoms with Crippen LogP contribution in [0.25, 0.3) is 0 Å². The van der Waals surface area contributed by atoms with Crippen molar-refractivity contribution in [3.05, 3.63) is 35.5 Å². The molecule has 0 aliphatic heterocycles. The third-order valence-corrected chi connectivity index (χ3v) is 10.8. The number of carbonyl (C=O) groups excluding carboxylic acids is 1. The second-order valence-electron chi connectivity index (χ2n) is 12.9. The highest BCUT2D eigenvalue weighted by Gasteiger charge is 2.62. The third-order valence-electron chi connectivity index (χ3n) is 10.8. The van der Waals surface area contributed by atoms with Crippen LogP contribution in [0.1, 0.15) is 92.9 Å². The van der Waals surface area contributed by atoms with Gasteiger partial charge in [-0.25, -0.2) is 4.79 Å². The fourth-order valence-electron chi connectivity index (χ4n) is 8.80. The normalized spacial score (nSPS) is 41.0. The number of carboxylic acid groups (broad SMARTS) is 1. The van der Waals surface area contributed by atoms with E-state index in [1.165, 1.54) is 18.4 Å². The lowest BCUT2D eigenvalue weighted by atomic mass is 9.43. The van der Waals surface area contributed by atoms with E-state index in [1.54, 1.807) is 12.5 Å². The fourth-order valence-corrected chi connectivity index (χ4v) is 8.80. The zero-order chi connectivity index (χ0) is 24.3. The molecule has 0 amide bonds. The molecule has 0 radical (unpaired) electrons. The quantitative estimate of drug-likeness (QED) is 0.349. The summed E-state index contributed by atoms with van der Waals surface area (Å²) in [4.78, 5) is 23.9. The molecule has 5 unspecified atom stereocenters. The van der Waals surface area contributed by atoms with Gasteiger partial charge in [-0.2, -0.15) is 0 Å². The lowest BCUT2D eigenvalue weighted by Crippen LogP contribution is -2.55. The minimum Gasteiger partial charge on any atom is -0.478 e. The van der Waals surface area contributed by atoms with Gasteiger partial charge in [0.05, 0.1) is 0 Å². The summed E-state index contributed by atoms with van der Waals surface area (Å²) in [6.07, 6.45) is 12.6. The molecule has 182 valence electrons. The Morgan fingerprint density at radius 2 is 1.97 bits per heavy atom. The van der Waals surface area contributed by atoms with Crippen molar-refractivity contribution < 1.29 is 14.7 Å². The van der Waals surface area contributed by atoms with Crippen LogP contribution in [0.5, 0.6) is 0 Å². The first-order valence-electron chi connectivity index (χ1n) is 13.2. The number of hydrogen-bond acceptors (Lipinski definition) is 2. The topological polar surface area (TPSA) is 54.4 Å². The number of hydrogen-bond donors (Lipinski definition) is 1. The highest BCUT2D eigenvalue weighted by molar-refractivity contribution is 5.86. The Kier molecular flexibility index (Phi) is 6.11. The van der Waals surface area contributed by atoms with Crippen molar-refractivity contribution in [1.29, 1.82) is 0 Å². The molecular formula is C30H44O3. The average Bonchev–Trinajstić information content (AvgIpc) is 3.11. The summed E-state index contributed by atoms with van der Waals surface area (Å²) in [5, 5.41) is 9.14. The van der Waals surface area contributed by atoms with Crippen LogP contribution in [0.2, 0.25) is 0 Å². The maximum atomic E-state index is 12.8. The van der Waals surface area contributed by atoms with Crippen molar-refractivity contribution in [1.82, 2.24) is 0 Å². The number of aliphatic carboxylic acids is 1. The molecule has 0 saturated heterocycles. The Morgan fingerprint density at radius 1 is 1.27 bits per heavy atom. The molecule has 3 fully saturated rings. The second kappa shape index (κ2) is 8.24. The number of ketones is 1. The Labute approximate surface area is 200 Å². The van der Waals surface area contributed by atoms with Gasteiger partial charge in [0.2, 0.25) is 0 Å². The molecule has 4 aliphatic carbocycles. The molecule has 0 bridgehead atoms. The molecule has 33 heavy (non-hydrogen) atoms. The molecule has 3 nitrogen and oxygen atoms in total. The van der Waals surface area contributed by atoms with Crippen molar-refractivity contribution in [3.8, 4) is 0 Å². The monoisotopic (exact) mass is 452 g/mol. The highest BCUT2D eigenvalue weighted by Crippen LogP contribution is 2.69. The van der Waals surface area contributed by atoms with Gasteiger partial charge in [0, 0.05) is 17.4 Å². The molecule has 0 spiro atoms. The van der Waals surface area contributed by atoms with Crippen LogP contribution in [0.4, 0.5) is 0 Å². The number of carboxylic acids is 1. The summed E-state index contributed by atoms with van der Waals surface area (Å²) in [7, 11) is 0. The number of Topliss-reactive ketones (excluding diaryl/α,β-unsaturated/α-hetero) is 1. The average molecular weight is 453 g/mol. The summed E-state index contributed by atoms with van der Waals surface area (Å²) < 4.78 is 0. The Morgan fingerprint density at radius 3 is 2.64 bits per heavy atom. The molecule has 7 atom stereocenters. The molecular weight excluding hydrogens is 408 g/mol. The lowest BCUT2D eigenvalue weighted by Gasteiger charge is -2.61. The van der Waals surface area contributed by atoms with Gasteiger partial charge in [0.15, 0.2) is 0 Å². The summed E-state index contributed by atoms with van der Waals surface area (Å²) in [6, 6.07) is 0. The predicted molar refractivity (Wildman–Crippen MR) is 134 cm³/mol. The fraction of sp³-hybridized carbons (Fsp3) is 0.733. The molecule has 3 heteroatoms. The lowest BCUT2D eigenvalue weighted by molar-refractivity contribution is -0.144. The summed E-state index contributed by atoms with van der Waals surface area (Å²) in [6.45, 7) is 18.1. The minimum atomic E-state index is -0.814. The van der Waals surface area contributed by atoms with Gasteiger partial charge in [0.25, 0.3) is 0 Å². The van der Waals surface area contributed by atoms with Gasteiger partial charge in [-0.05, 0) is 92.3 Å². The molecule has 4 aliphatic rings. The first-order chi connectivity index (χ1) is 15.3. The van der Waals surface area contributed by atoms with E-state index in [4.69, 9.17) is 11.7 Å². The van der Waals surface area contributed by atoms with Crippen molar-refractivity contribution in [2.45, 2.75) is 92.9 Å². The van der Waals surface area contributed by atoms with E-state index < -0.39 is 5.97 Å². The number of fused-ring (bicyclic) bond motifs is 5. The summed E-state index contributed by atoms with van der Waals surface area (Å²) >= 11 is 0. The van der Waals surface area contributed by atoms with Crippen molar-refractivity contribution >= 4 is 11.8 Å². The Bertz CT molecular complexity index is 921. The first-order valence-corrected chi connectivity index (χ1v) is 13.2. The van der Waals surface area contributed by atoms with Crippen molar-refractivity contribution in [3.63, 3.8) is 0 Å². The van der Waals surface area contributed by atoms with Crippen LogP contribution < -0.4 is 0 Å². The summed E-state index contributed by atoms with van der Waals surface area (Å²) in [5.74, 6) is 2.28. The predicted octanol–water partition coefficient (Wildman–Crippen LogP) is 7.38. The van der Waals surface area contributed by atoms with E-state index in [-0.39, 0.29) is 16.2 Å². The van der Waals surface area contributed by atoms with E-state index in [2.05, 4.69) is 40.7 Å². The van der Waals surface area contributed by atoms with Crippen LogP contribution in [0, 0.1) is 45.8 Å². The Balaban J connectivity index is 1.59. The van der Waals surface area contributed by atoms with E-state index in [0.29, 0.717) is 40.9 Å². The zero-order valence-corrected chi connectivity index (χ0v) is 21.7. The minimum absolute atomic E-state index is 0.182. The molecule has 0 aromatic carbocycles. The molecule has 1 N–H and O–H groups in total. The molecule has 0 aromatic rings. The van der Waals surface area contributed by atoms with Gasteiger partial charge in [-0.15, -0.1) is 0 Å². The second-order valence-corrected chi connectivity index (χ2v) is 12.9. The molecule has 4 rings (SSSR count). The molecule has 3 saturated carbocycles.